The molecule has 2 aromatic carbocycles. The summed E-state index contributed by atoms with van der Waals surface area (Å²) in [6, 6.07) is 16.5. The minimum Gasteiger partial charge on any atom is -0.496 e. The lowest BCUT2D eigenvalue weighted by Gasteiger charge is -2.10. The van der Waals surface area contributed by atoms with Crippen LogP contribution in [0.1, 0.15) is 6.92 Å². The highest BCUT2D eigenvalue weighted by Crippen LogP contribution is 2.32. The van der Waals surface area contributed by atoms with Crippen LogP contribution in [-0.2, 0) is 0 Å². The average Bonchev–Trinajstić information content (AvgIpc) is 2.62. The van der Waals surface area contributed by atoms with Gasteiger partial charge in [-0.2, -0.15) is 0 Å². The first-order chi connectivity index (χ1) is 12.1. The Morgan fingerprint density at radius 1 is 1.12 bits per heavy atom. The maximum Gasteiger partial charge on any atom is 0.258 e. The smallest absolute Gasteiger partial charge is 0.258 e. The molecule has 0 N–H and O–H groups in total. The number of benzene rings is 2. The quantitative estimate of drug-likeness (QED) is 0.610. The van der Waals surface area contributed by atoms with Gasteiger partial charge in [-0.25, -0.2) is 0 Å². The van der Waals surface area contributed by atoms with E-state index in [1.165, 1.54) is 15.9 Å². The zero-order chi connectivity index (χ0) is 17.8. The van der Waals surface area contributed by atoms with Crippen LogP contribution in [0.3, 0.4) is 0 Å². The Morgan fingerprint density at radius 3 is 2.48 bits per heavy atom. The van der Waals surface area contributed by atoms with E-state index in [-0.39, 0.29) is 5.56 Å². The summed E-state index contributed by atoms with van der Waals surface area (Å²) in [4.78, 5) is 13.5. The molecule has 0 aliphatic rings. The molecule has 3 rings (SSSR count). The van der Waals surface area contributed by atoms with E-state index in [9.17, 15) is 4.79 Å². The molecule has 3 aromatic rings. The van der Waals surface area contributed by atoms with Crippen LogP contribution in [0.15, 0.2) is 59.4 Å². The fraction of sp³-hybridized carbons (Fsp3) is 0.158. The number of ether oxygens (including phenoxy) is 2. The molecule has 1 heterocycles. The molecule has 25 heavy (non-hydrogen) atoms. The van der Waals surface area contributed by atoms with E-state index in [4.69, 9.17) is 21.7 Å². The van der Waals surface area contributed by atoms with Gasteiger partial charge in [0, 0.05) is 16.5 Å². The lowest BCUT2D eigenvalue weighted by molar-refractivity contribution is 0.340. The third kappa shape index (κ3) is 3.65. The number of methoxy groups -OCH3 is 1. The third-order valence-electron chi connectivity index (χ3n) is 3.63. The Bertz CT molecular complexity index is 959. The minimum atomic E-state index is -0.172. The third-order valence-corrected chi connectivity index (χ3v) is 4.98. The molecule has 0 unspecified atom stereocenters. The summed E-state index contributed by atoms with van der Waals surface area (Å²) >= 11 is 6.86. The summed E-state index contributed by atoms with van der Waals surface area (Å²) in [5, 5.41) is 0. The van der Waals surface area contributed by atoms with Crippen LogP contribution in [0, 0.1) is 3.95 Å². The molecule has 0 bridgehead atoms. The molecule has 0 atom stereocenters. The average molecular weight is 371 g/mol. The highest BCUT2D eigenvalue weighted by Gasteiger charge is 2.10. The van der Waals surface area contributed by atoms with Gasteiger partial charge >= 0.3 is 0 Å². The first-order valence-corrected chi connectivity index (χ1v) is 9.00. The summed E-state index contributed by atoms with van der Waals surface area (Å²) in [7, 11) is 1.61. The Balaban J connectivity index is 2.07. The monoisotopic (exact) mass is 371 g/mol. The van der Waals surface area contributed by atoms with Crippen LogP contribution < -0.4 is 15.0 Å². The maximum absolute atomic E-state index is 12.7. The van der Waals surface area contributed by atoms with Gasteiger partial charge in [-0.15, -0.1) is 11.3 Å². The van der Waals surface area contributed by atoms with Crippen LogP contribution in [0.25, 0.3) is 16.1 Å². The summed E-state index contributed by atoms with van der Waals surface area (Å²) in [5.41, 5.74) is 1.41. The highest BCUT2D eigenvalue weighted by molar-refractivity contribution is 7.73. The highest BCUT2D eigenvalue weighted by atomic mass is 32.1. The van der Waals surface area contributed by atoms with Gasteiger partial charge in [0.2, 0.25) is 0 Å². The van der Waals surface area contributed by atoms with Crippen molar-refractivity contribution in [1.29, 1.82) is 0 Å². The second kappa shape index (κ2) is 7.63. The first-order valence-electron chi connectivity index (χ1n) is 7.78. The predicted molar refractivity (Wildman–Crippen MR) is 104 cm³/mol. The normalized spacial score (nSPS) is 10.5. The zero-order valence-corrected chi connectivity index (χ0v) is 15.5. The van der Waals surface area contributed by atoms with E-state index in [1.807, 2.05) is 55.5 Å². The lowest BCUT2D eigenvalue weighted by atomic mass is 10.1. The number of para-hydroxylation sites is 1. The van der Waals surface area contributed by atoms with Gasteiger partial charge in [0.15, 0.2) is 3.95 Å². The van der Waals surface area contributed by atoms with E-state index in [0.717, 1.165) is 21.9 Å². The predicted octanol–water partition coefficient (Wildman–Crippen LogP) is 4.70. The molecule has 128 valence electrons. The second-order valence-electron chi connectivity index (χ2n) is 5.18. The molecule has 0 amide bonds. The van der Waals surface area contributed by atoms with Gasteiger partial charge in [-0.05, 0) is 55.5 Å². The van der Waals surface area contributed by atoms with Crippen molar-refractivity contribution in [3.05, 3.63) is 68.9 Å². The molecule has 0 aliphatic heterocycles. The molecule has 0 spiro atoms. The van der Waals surface area contributed by atoms with E-state index in [0.29, 0.717) is 16.3 Å². The van der Waals surface area contributed by atoms with Crippen LogP contribution >= 0.6 is 23.6 Å². The Labute approximate surface area is 154 Å². The first kappa shape index (κ1) is 17.4. The van der Waals surface area contributed by atoms with Crippen molar-refractivity contribution in [3.8, 4) is 27.6 Å². The van der Waals surface area contributed by atoms with Gasteiger partial charge in [-0.1, -0.05) is 12.1 Å². The van der Waals surface area contributed by atoms with Gasteiger partial charge < -0.3 is 9.47 Å². The van der Waals surface area contributed by atoms with Crippen LogP contribution in [-0.4, -0.2) is 18.3 Å². The topological polar surface area (TPSA) is 40.5 Å². The fourth-order valence-corrected chi connectivity index (χ4v) is 3.89. The number of hydrogen-bond acceptors (Lipinski definition) is 5. The Morgan fingerprint density at radius 2 is 1.84 bits per heavy atom. The summed E-state index contributed by atoms with van der Waals surface area (Å²) in [6.45, 7) is 2.53. The molecular weight excluding hydrogens is 354 g/mol. The van der Waals surface area contributed by atoms with Crippen molar-refractivity contribution in [2.24, 2.45) is 0 Å². The summed E-state index contributed by atoms with van der Waals surface area (Å²) in [6.07, 6.45) is 0. The summed E-state index contributed by atoms with van der Waals surface area (Å²) < 4.78 is 12.8. The summed E-state index contributed by atoms with van der Waals surface area (Å²) in [5.74, 6) is 1.48. The lowest BCUT2D eigenvalue weighted by Crippen LogP contribution is -2.17. The minimum absolute atomic E-state index is 0.172. The number of hydrogen-bond donors (Lipinski definition) is 0. The molecule has 0 fully saturated rings. The number of nitrogens with zero attached hydrogens (tertiary/aromatic N) is 1. The maximum atomic E-state index is 12.7. The van der Waals surface area contributed by atoms with E-state index >= 15 is 0 Å². The largest absolute Gasteiger partial charge is 0.496 e. The van der Waals surface area contributed by atoms with E-state index in [2.05, 4.69) is 0 Å². The van der Waals surface area contributed by atoms with Crippen molar-refractivity contribution in [1.82, 2.24) is 4.57 Å². The molecule has 4 nitrogen and oxygen atoms in total. The SMILES string of the molecule is CCOc1ccc(-n2c(=O)cc(-c3ccccc3OC)sc2=S)cc1. The van der Waals surface area contributed by atoms with Crippen molar-refractivity contribution < 1.29 is 9.47 Å². The fourth-order valence-electron chi connectivity index (χ4n) is 2.51. The number of aromatic nitrogens is 1. The molecule has 1 aromatic heterocycles. The second-order valence-corrected chi connectivity index (χ2v) is 6.85. The molecule has 0 aliphatic carbocycles. The van der Waals surface area contributed by atoms with Gasteiger partial charge in [0.25, 0.3) is 5.56 Å². The zero-order valence-electron chi connectivity index (χ0n) is 13.9. The van der Waals surface area contributed by atoms with Crippen LogP contribution in [0.2, 0.25) is 0 Å². The Kier molecular flexibility index (Phi) is 5.31. The van der Waals surface area contributed by atoms with E-state index < -0.39 is 0 Å². The molecule has 6 heteroatoms. The van der Waals surface area contributed by atoms with Crippen molar-refractivity contribution >= 4 is 23.6 Å². The van der Waals surface area contributed by atoms with Crippen molar-refractivity contribution in [3.63, 3.8) is 0 Å². The standard InChI is InChI=1S/C19H17NO3S2/c1-3-23-14-10-8-13(9-11-14)20-18(21)12-17(25-19(20)24)15-6-4-5-7-16(15)22-2/h4-12H,3H2,1-2H3. The van der Waals surface area contributed by atoms with Gasteiger partial charge in [-0.3, -0.25) is 9.36 Å². The molecular formula is C19H17NO3S2. The molecule has 0 saturated carbocycles. The van der Waals surface area contributed by atoms with Crippen molar-refractivity contribution in [2.75, 3.05) is 13.7 Å². The van der Waals surface area contributed by atoms with Crippen molar-refractivity contribution in [2.45, 2.75) is 6.92 Å². The van der Waals surface area contributed by atoms with Crippen LogP contribution in [0.4, 0.5) is 0 Å². The van der Waals surface area contributed by atoms with Gasteiger partial charge in [0.1, 0.15) is 11.5 Å². The molecule has 0 saturated heterocycles. The van der Waals surface area contributed by atoms with Gasteiger partial charge in [0.05, 0.1) is 19.4 Å². The molecule has 0 radical (unpaired) electrons. The Hall–Kier alpha value is -2.44. The van der Waals surface area contributed by atoms with Crippen LogP contribution in [0.5, 0.6) is 11.5 Å². The number of rotatable bonds is 5. The van der Waals surface area contributed by atoms with E-state index in [1.54, 1.807) is 13.2 Å².